The molecule has 1 aliphatic rings. The van der Waals surface area contributed by atoms with E-state index in [9.17, 15) is 4.79 Å². The van der Waals surface area contributed by atoms with Gasteiger partial charge in [0, 0.05) is 5.57 Å². The molecule has 1 rings (SSSR count). The van der Waals surface area contributed by atoms with Crippen LogP contribution in [-0.4, -0.2) is 31.1 Å². The van der Waals surface area contributed by atoms with Crippen molar-refractivity contribution >= 4 is 11.9 Å². The predicted molar refractivity (Wildman–Crippen MR) is 53.2 cm³/mol. The predicted octanol–water partition coefficient (Wildman–Crippen LogP) is 1.31. The molecular formula is C10H15NO3. The molecule has 0 spiro atoms. The van der Waals surface area contributed by atoms with Gasteiger partial charge in [0.05, 0.1) is 13.0 Å². The van der Waals surface area contributed by atoms with Gasteiger partial charge < -0.3 is 9.47 Å². The van der Waals surface area contributed by atoms with Crippen LogP contribution in [0.25, 0.3) is 0 Å². The zero-order chi connectivity index (χ0) is 10.6. The van der Waals surface area contributed by atoms with Crippen LogP contribution in [0.3, 0.4) is 0 Å². The third kappa shape index (κ3) is 3.20. The van der Waals surface area contributed by atoms with E-state index in [1.165, 1.54) is 0 Å². The molecule has 0 aromatic rings. The van der Waals surface area contributed by atoms with Gasteiger partial charge in [-0.2, -0.15) is 0 Å². The average molecular weight is 197 g/mol. The van der Waals surface area contributed by atoms with Gasteiger partial charge in [-0.25, -0.2) is 4.79 Å². The van der Waals surface area contributed by atoms with Gasteiger partial charge in [-0.15, -0.1) is 0 Å². The van der Waals surface area contributed by atoms with Crippen molar-refractivity contribution in [3.8, 4) is 0 Å². The number of hydrogen-bond donors (Lipinski definition) is 0. The Morgan fingerprint density at radius 1 is 1.79 bits per heavy atom. The minimum Gasteiger partial charge on any atom is -0.479 e. The maximum Gasteiger partial charge on any atom is 0.333 e. The van der Waals surface area contributed by atoms with Crippen LogP contribution in [-0.2, 0) is 14.3 Å². The summed E-state index contributed by atoms with van der Waals surface area (Å²) in [7, 11) is 0. The summed E-state index contributed by atoms with van der Waals surface area (Å²) >= 11 is 0. The molecule has 1 unspecified atom stereocenters. The lowest BCUT2D eigenvalue weighted by Gasteiger charge is -2.12. The molecule has 0 N–H and O–H groups in total. The van der Waals surface area contributed by atoms with Crippen LogP contribution in [0.5, 0.6) is 0 Å². The lowest BCUT2D eigenvalue weighted by Crippen LogP contribution is -2.19. The molecule has 14 heavy (non-hydrogen) atoms. The van der Waals surface area contributed by atoms with Gasteiger partial charge in [0.25, 0.3) is 0 Å². The van der Waals surface area contributed by atoms with Crippen molar-refractivity contribution in [2.24, 2.45) is 4.99 Å². The Bertz CT molecular complexity index is 267. The van der Waals surface area contributed by atoms with E-state index in [0.717, 1.165) is 0 Å². The summed E-state index contributed by atoms with van der Waals surface area (Å²) in [6.07, 6.45) is 0.329. The largest absolute Gasteiger partial charge is 0.479 e. The summed E-state index contributed by atoms with van der Waals surface area (Å²) in [6.45, 7) is 8.28. The van der Waals surface area contributed by atoms with E-state index in [-0.39, 0.29) is 12.1 Å². The van der Waals surface area contributed by atoms with Crippen LogP contribution in [0.15, 0.2) is 17.1 Å². The molecule has 0 amide bonds. The maximum atomic E-state index is 11.1. The second-order valence-corrected chi connectivity index (χ2v) is 3.32. The van der Waals surface area contributed by atoms with Crippen molar-refractivity contribution in [1.82, 2.24) is 0 Å². The summed E-state index contributed by atoms with van der Waals surface area (Å²) in [6, 6.07) is 0. The van der Waals surface area contributed by atoms with Gasteiger partial charge in [-0.05, 0) is 13.8 Å². The summed E-state index contributed by atoms with van der Waals surface area (Å²) < 4.78 is 10.3. The number of aliphatic imine (C=N–C) groups is 1. The zero-order valence-corrected chi connectivity index (χ0v) is 8.58. The first-order valence-electron chi connectivity index (χ1n) is 4.62. The summed E-state index contributed by atoms with van der Waals surface area (Å²) in [4.78, 5) is 15.2. The van der Waals surface area contributed by atoms with Crippen LogP contribution in [0.2, 0.25) is 0 Å². The van der Waals surface area contributed by atoms with Gasteiger partial charge in [0.2, 0.25) is 0 Å². The van der Waals surface area contributed by atoms with E-state index in [2.05, 4.69) is 11.6 Å². The highest BCUT2D eigenvalue weighted by Gasteiger charge is 2.15. The lowest BCUT2D eigenvalue weighted by molar-refractivity contribution is -0.143. The highest BCUT2D eigenvalue weighted by atomic mass is 16.5. The Kier molecular flexibility index (Phi) is 3.68. The van der Waals surface area contributed by atoms with Gasteiger partial charge in [0.15, 0.2) is 5.90 Å². The Hall–Kier alpha value is -1.32. The number of carbonyl (C=O) groups excluding carboxylic acids is 1. The number of ether oxygens (including phenoxy) is 2. The molecule has 78 valence electrons. The van der Waals surface area contributed by atoms with Crippen molar-refractivity contribution in [2.45, 2.75) is 26.4 Å². The van der Waals surface area contributed by atoms with E-state index >= 15 is 0 Å². The number of carbonyl (C=O) groups is 1. The topological polar surface area (TPSA) is 47.9 Å². The molecule has 0 aromatic carbocycles. The molecule has 4 heteroatoms. The lowest BCUT2D eigenvalue weighted by atomic mass is 10.3. The van der Waals surface area contributed by atoms with E-state index in [4.69, 9.17) is 9.47 Å². The Morgan fingerprint density at radius 3 is 3.00 bits per heavy atom. The van der Waals surface area contributed by atoms with Crippen LogP contribution >= 0.6 is 0 Å². The fourth-order valence-electron chi connectivity index (χ4n) is 1.07. The maximum absolute atomic E-state index is 11.1. The average Bonchev–Trinajstić information content (AvgIpc) is 2.56. The van der Waals surface area contributed by atoms with Crippen molar-refractivity contribution in [1.29, 1.82) is 0 Å². The first kappa shape index (κ1) is 10.8. The highest BCUT2D eigenvalue weighted by molar-refractivity contribution is 5.87. The zero-order valence-electron chi connectivity index (χ0n) is 8.58. The highest BCUT2D eigenvalue weighted by Crippen LogP contribution is 2.07. The van der Waals surface area contributed by atoms with Crippen molar-refractivity contribution in [3.63, 3.8) is 0 Å². The van der Waals surface area contributed by atoms with E-state index in [0.29, 0.717) is 31.0 Å². The van der Waals surface area contributed by atoms with Gasteiger partial charge in [-0.1, -0.05) is 6.58 Å². The first-order valence-corrected chi connectivity index (χ1v) is 4.62. The Balaban J connectivity index is 2.31. The fraction of sp³-hybridized carbons (Fsp3) is 0.600. The molecule has 4 nitrogen and oxygen atoms in total. The molecule has 0 saturated heterocycles. The van der Waals surface area contributed by atoms with Gasteiger partial charge in [-0.3, -0.25) is 4.99 Å². The third-order valence-electron chi connectivity index (χ3n) is 1.77. The van der Waals surface area contributed by atoms with Crippen molar-refractivity contribution < 1.29 is 14.3 Å². The molecule has 0 fully saturated rings. The minimum atomic E-state index is -0.365. The van der Waals surface area contributed by atoms with Crippen LogP contribution in [0.4, 0.5) is 0 Å². The minimum absolute atomic E-state index is 0.212. The number of hydrogen-bond acceptors (Lipinski definition) is 4. The first-order chi connectivity index (χ1) is 6.59. The summed E-state index contributed by atoms with van der Waals surface area (Å²) in [5.74, 6) is 0.308. The number of esters is 1. The smallest absolute Gasteiger partial charge is 0.333 e. The standard InChI is InChI=1S/C10H15NO3/c1-7(2)10(12)14-8(3)6-9-11-4-5-13-9/h8H,1,4-6H2,2-3H3. The molecule has 0 saturated carbocycles. The monoisotopic (exact) mass is 197 g/mol. The SMILES string of the molecule is C=C(C)C(=O)OC(C)CC1=NCCO1. The third-order valence-corrected chi connectivity index (χ3v) is 1.77. The Morgan fingerprint density at radius 2 is 2.50 bits per heavy atom. The second-order valence-electron chi connectivity index (χ2n) is 3.32. The number of rotatable bonds is 4. The van der Waals surface area contributed by atoms with Crippen molar-refractivity contribution in [3.05, 3.63) is 12.2 Å². The molecule has 1 atom stereocenters. The Labute approximate surface area is 83.6 Å². The fourth-order valence-corrected chi connectivity index (χ4v) is 1.07. The summed E-state index contributed by atoms with van der Waals surface area (Å²) in [5.41, 5.74) is 0.408. The molecule has 1 aliphatic heterocycles. The molecule has 0 aromatic heterocycles. The van der Waals surface area contributed by atoms with E-state index in [1.807, 2.05) is 6.92 Å². The molecule has 1 heterocycles. The van der Waals surface area contributed by atoms with Crippen LogP contribution in [0.1, 0.15) is 20.3 Å². The van der Waals surface area contributed by atoms with Crippen molar-refractivity contribution in [2.75, 3.05) is 13.2 Å². The normalized spacial score (nSPS) is 16.9. The molecule has 0 bridgehead atoms. The van der Waals surface area contributed by atoms with Gasteiger partial charge >= 0.3 is 5.97 Å². The number of nitrogens with zero attached hydrogens (tertiary/aromatic N) is 1. The molecule has 0 radical (unpaired) electrons. The van der Waals surface area contributed by atoms with E-state index < -0.39 is 0 Å². The quantitative estimate of drug-likeness (QED) is 0.504. The van der Waals surface area contributed by atoms with Crippen LogP contribution < -0.4 is 0 Å². The van der Waals surface area contributed by atoms with Crippen LogP contribution in [0, 0.1) is 0 Å². The van der Waals surface area contributed by atoms with Gasteiger partial charge in [0.1, 0.15) is 12.7 Å². The molecule has 0 aliphatic carbocycles. The molecular weight excluding hydrogens is 182 g/mol. The van der Waals surface area contributed by atoms with E-state index in [1.54, 1.807) is 6.92 Å². The second kappa shape index (κ2) is 4.79. The summed E-state index contributed by atoms with van der Waals surface area (Å²) in [5, 5.41) is 0.